The molecule has 3 rings (SSSR count). The highest BCUT2D eigenvalue weighted by molar-refractivity contribution is 6.38. The van der Waals surface area contributed by atoms with E-state index in [0.717, 1.165) is 17.1 Å². The molecule has 0 bridgehead atoms. The Bertz CT molecular complexity index is 999. The summed E-state index contributed by atoms with van der Waals surface area (Å²) in [6.07, 6.45) is 1.41. The maximum absolute atomic E-state index is 13.0. The molecule has 8 heteroatoms. The third-order valence-corrected chi connectivity index (χ3v) is 4.57. The van der Waals surface area contributed by atoms with E-state index in [1.54, 1.807) is 12.1 Å². The molecule has 6 nitrogen and oxygen atoms in total. The highest BCUT2D eigenvalue weighted by Gasteiger charge is 2.34. The third kappa shape index (κ3) is 3.59. The van der Waals surface area contributed by atoms with Crippen LogP contribution in [-0.2, 0) is 4.79 Å². The van der Waals surface area contributed by atoms with E-state index in [9.17, 15) is 20.1 Å². The van der Waals surface area contributed by atoms with Crippen molar-refractivity contribution in [3.05, 3.63) is 51.5 Å². The van der Waals surface area contributed by atoms with Crippen molar-refractivity contribution in [2.75, 3.05) is 5.01 Å². The van der Waals surface area contributed by atoms with Gasteiger partial charge in [0.15, 0.2) is 11.5 Å². The smallest absolute Gasteiger partial charge is 0.280 e. The molecule has 0 spiro atoms. The van der Waals surface area contributed by atoms with Crippen LogP contribution < -0.4 is 5.01 Å². The van der Waals surface area contributed by atoms with Crippen LogP contribution in [0.2, 0.25) is 10.0 Å². The van der Waals surface area contributed by atoms with Gasteiger partial charge in [0.2, 0.25) is 0 Å². The molecule has 1 amide bonds. The maximum atomic E-state index is 13.0. The van der Waals surface area contributed by atoms with Crippen LogP contribution in [-0.4, -0.2) is 26.9 Å². The zero-order chi connectivity index (χ0) is 19.9. The number of carbonyl (C=O) groups excluding carboxylic acids is 1. The first kappa shape index (κ1) is 19.1. The van der Waals surface area contributed by atoms with Crippen LogP contribution in [0.4, 0.5) is 5.69 Å². The van der Waals surface area contributed by atoms with Crippen molar-refractivity contribution in [2.45, 2.75) is 13.8 Å². The first-order valence-electron chi connectivity index (χ1n) is 8.04. The Morgan fingerprint density at radius 3 is 2.37 bits per heavy atom. The second kappa shape index (κ2) is 7.13. The average molecular weight is 407 g/mol. The number of nitrogens with zero attached hydrogens (tertiary/aromatic N) is 2. The molecule has 0 saturated carbocycles. The minimum atomic E-state index is -0.461. The van der Waals surface area contributed by atoms with Gasteiger partial charge in [0.1, 0.15) is 5.75 Å². The number of aromatic hydroxyl groups is 3. The topological polar surface area (TPSA) is 93.4 Å². The molecule has 2 aromatic rings. The Morgan fingerprint density at radius 1 is 1.04 bits per heavy atom. The molecule has 0 saturated heterocycles. The summed E-state index contributed by atoms with van der Waals surface area (Å²) in [7, 11) is 0. The Balaban J connectivity index is 2.12. The summed E-state index contributed by atoms with van der Waals surface area (Å²) >= 11 is 12.2. The fourth-order valence-corrected chi connectivity index (χ4v) is 3.02. The predicted molar refractivity (Wildman–Crippen MR) is 106 cm³/mol. The number of benzene rings is 2. The van der Waals surface area contributed by atoms with Crippen LogP contribution in [0.25, 0.3) is 6.08 Å². The first-order chi connectivity index (χ1) is 12.7. The van der Waals surface area contributed by atoms with Crippen LogP contribution in [0.3, 0.4) is 0 Å². The van der Waals surface area contributed by atoms with E-state index in [0.29, 0.717) is 21.4 Å². The minimum Gasteiger partial charge on any atom is -0.507 e. The molecule has 27 heavy (non-hydrogen) atoms. The molecule has 0 atom stereocenters. The van der Waals surface area contributed by atoms with E-state index in [2.05, 4.69) is 5.10 Å². The van der Waals surface area contributed by atoms with E-state index in [1.165, 1.54) is 12.1 Å². The van der Waals surface area contributed by atoms with E-state index < -0.39 is 17.4 Å². The lowest BCUT2D eigenvalue weighted by atomic mass is 9.97. The zero-order valence-electron chi connectivity index (χ0n) is 14.4. The van der Waals surface area contributed by atoms with Crippen LogP contribution in [0.15, 0.2) is 41.0 Å². The van der Waals surface area contributed by atoms with Crippen LogP contribution in [0.1, 0.15) is 19.4 Å². The van der Waals surface area contributed by atoms with Crippen molar-refractivity contribution in [3.8, 4) is 17.2 Å². The number of halogens is 2. The number of rotatable bonds is 3. The van der Waals surface area contributed by atoms with Crippen molar-refractivity contribution in [1.82, 2.24) is 0 Å². The summed E-state index contributed by atoms with van der Waals surface area (Å²) < 4.78 is 0. The molecule has 1 aliphatic heterocycles. The quantitative estimate of drug-likeness (QED) is 0.395. The van der Waals surface area contributed by atoms with Gasteiger partial charge in [-0.3, -0.25) is 4.79 Å². The van der Waals surface area contributed by atoms with Gasteiger partial charge in [0.05, 0.1) is 22.0 Å². The summed E-state index contributed by atoms with van der Waals surface area (Å²) in [5.41, 5.74) is 1.24. The number of hydrogen-bond donors (Lipinski definition) is 3. The maximum Gasteiger partial charge on any atom is 0.280 e. The molecule has 1 heterocycles. The minimum absolute atomic E-state index is 0.101. The number of hydrazone groups is 1. The number of anilines is 1. The zero-order valence-corrected chi connectivity index (χ0v) is 16.0. The fourth-order valence-electron chi connectivity index (χ4n) is 2.66. The molecule has 140 valence electrons. The van der Waals surface area contributed by atoms with Gasteiger partial charge in [-0.25, -0.2) is 0 Å². The van der Waals surface area contributed by atoms with Crippen molar-refractivity contribution in [3.63, 3.8) is 0 Å². The van der Waals surface area contributed by atoms with Gasteiger partial charge in [0.25, 0.3) is 5.91 Å². The lowest BCUT2D eigenvalue weighted by Gasteiger charge is -2.13. The predicted octanol–water partition coefficient (Wildman–Crippen LogP) is 4.55. The van der Waals surface area contributed by atoms with Crippen molar-refractivity contribution >= 4 is 46.6 Å². The van der Waals surface area contributed by atoms with Gasteiger partial charge in [-0.2, -0.15) is 10.1 Å². The van der Waals surface area contributed by atoms with Gasteiger partial charge in [-0.15, -0.1) is 0 Å². The first-order valence-corrected chi connectivity index (χ1v) is 8.79. The van der Waals surface area contributed by atoms with Crippen LogP contribution >= 0.6 is 23.2 Å². The van der Waals surface area contributed by atoms with Gasteiger partial charge in [-0.1, -0.05) is 37.0 Å². The normalized spacial score (nSPS) is 15.7. The highest BCUT2D eigenvalue weighted by atomic mass is 35.5. The summed E-state index contributed by atoms with van der Waals surface area (Å²) in [4.78, 5) is 13.0. The molecule has 2 aromatic carbocycles. The molecule has 0 aromatic heterocycles. The van der Waals surface area contributed by atoms with Gasteiger partial charge >= 0.3 is 0 Å². The van der Waals surface area contributed by atoms with E-state index >= 15 is 0 Å². The number of carbonyl (C=O) groups is 1. The molecular weight excluding hydrogens is 391 g/mol. The van der Waals surface area contributed by atoms with Gasteiger partial charge in [0, 0.05) is 16.7 Å². The summed E-state index contributed by atoms with van der Waals surface area (Å²) in [5, 5.41) is 35.4. The molecule has 0 fully saturated rings. The summed E-state index contributed by atoms with van der Waals surface area (Å²) in [6, 6.07) is 6.88. The Morgan fingerprint density at radius 2 is 1.70 bits per heavy atom. The number of phenolic OH excluding ortho intramolecular Hbond substituents is 3. The van der Waals surface area contributed by atoms with Gasteiger partial charge in [-0.05, 0) is 36.3 Å². The molecule has 1 aliphatic rings. The number of phenols is 3. The van der Waals surface area contributed by atoms with Crippen molar-refractivity contribution in [1.29, 1.82) is 0 Å². The van der Waals surface area contributed by atoms with E-state index in [1.807, 2.05) is 13.8 Å². The Kier molecular flexibility index (Phi) is 5.04. The van der Waals surface area contributed by atoms with Gasteiger partial charge < -0.3 is 15.3 Å². The van der Waals surface area contributed by atoms with Crippen LogP contribution in [0.5, 0.6) is 17.2 Å². The van der Waals surface area contributed by atoms with E-state index in [4.69, 9.17) is 23.2 Å². The SMILES string of the molecule is CC(C)C1=NN(c2cc(Cl)ccc2Cl)C(=O)/C1=C/c1cc(O)c(O)cc1O. The number of hydrogen-bond acceptors (Lipinski definition) is 5. The largest absolute Gasteiger partial charge is 0.507 e. The standard InChI is InChI=1S/C19H16Cl2N2O4/c1-9(2)18-12(5-10-6-16(25)17(26)8-15(10)24)19(27)23(22-18)14-7-11(20)3-4-13(14)21/h3-9,24-26H,1-2H3/b12-5+. The fraction of sp³-hybridized carbons (Fsp3) is 0.158. The Labute approximate surface area is 165 Å². The second-order valence-corrected chi connectivity index (χ2v) is 7.15. The van der Waals surface area contributed by atoms with Crippen LogP contribution in [0, 0.1) is 5.92 Å². The summed E-state index contributed by atoms with van der Waals surface area (Å²) in [5.74, 6) is -1.71. The monoisotopic (exact) mass is 406 g/mol. The third-order valence-electron chi connectivity index (χ3n) is 4.01. The van der Waals surface area contributed by atoms with E-state index in [-0.39, 0.29) is 22.8 Å². The lowest BCUT2D eigenvalue weighted by molar-refractivity contribution is -0.114. The summed E-state index contributed by atoms with van der Waals surface area (Å²) in [6.45, 7) is 3.74. The molecule has 0 aliphatic carbocycles. The molecule has 0 unspecified atom stereocenters. The highest BCUT2D eigenvalue weighted by Crippen LogP contribution is 2.37. The molecule has 3 N–H and O–H groups in total. The van der Waals surface area contributed by atoms with Crippen molar-refractivity contribution in [2.24, 2.45) is 11.0 Å². The second-order valence-electron chi connectivity index (χ2n) is 6.31. The molecular formula is C19H16Cl2N2O4. The Hall–Kier alpha value is -2.70. The molecule has 0 radical (unpaired) electrons. The average Bonchev–Trinajstić information content (AvgIpc) is 2.92. The van der Waals surface area contributed by atoms with Crippen molar-refractivity contribution < 1.29 is 20.1 Å². The lowest BCUT2D eigenvalue weighted by Crippen LogP contribution is -2.22. The number of amides is 1.